The number of rotatable bonds is 3. The molecule has 112 valence electrons. The van der Waals surface area contributed by atoms with E-state index >= 15 is 0 Å². The van der Waals surface area contributed by atoms with Crippen LogP contribution in [0.15, 0.2) is 18.2 Å². The third-order valence-electron chi connectivity index (χ3n) is 4.14. The van der Waals surface area contributed by atoms with E-state index < -0.39 is 8.32 Å². The Bertz CT molecular complexity index is 491. The van der Waals surface area contributed by atoms with Crippen LogP contribution in [0, 0.1) is 0 Å². The number of carbonyl (C=O) groups excluding carboxylic acids is 1. The van der Waals surface area contributed by atoms with Crippen molar-refractivity contribution in [3.63, 3.8) is 0 Å². The quantitative estimate of drug-likeness (QED) is 0.566. The van der Waals surface area contributed by atoms with Crippen LogP contribution in [0.1, 0.15) is 57.5 Å². The molecule has 0 fully saturated rings. The summed E-state index contributed by atoms with van der Waals surface area (Å²) in [5.74, 6) is 0.812. The Morgan fingerprint density at radius 2 is 1.60 bits per heavy atom. The van der Waals surface area contributed by atoms with Gasteiger partial charge in [-0.3, -0.25) is 4.79 Å². The first-order valence-electron chi connectivity index (χ1n) is 7.17. The molecule has 0 aromatic heterocycles. The van der Waals surface area contributed by atoms with Gasteiger partial charge in [0.05, 0.1) is 0 Å². The molecule has 0 radical (unpaired) electrons. The minimum absolute atomic E-state index is 0.0360. The molecule has 1 rings (SSSR count). The van der Waals surface area contributed by atoms with Crippen LogP contribution >= 0.6 is 0 Å². The van der Waals surface area contributed by atoms with E-state index in [0.29, 0.717) is 0 Å². The molecule has 0 N–H and O–H groups in total. The molecule has 1 aromatic carbocycles. The Morgan fingerprint density at radius 1 is 1.05 bits per heavy atom. The standard InChI is InChI=1S/C17H28O2Si/c1-16(2,3)15-10-9-14(11-13(15)12-18)19-20(7,8)17(4,5)6/h9-12H,1-8H3. The Balaban J connectivity index is 3.16. The Hall–Kier alpha value is -1.09. The second-order valence-electron chi connectivity index (χ2n) is 7.98. The summed E-state index contributed by atoms with van der Waals surface area (Å²) >= 11 is 0. The van der Waals surface area contributed by atoms with Gasteiger partial charge in [-0.25, -0.2) is 0 Å². The summed E-state index contributed by atoms with van der Waals surface area (Å²) in [4.78, 5) is 11.3. The molecule has 0 bridgehead atoms. The molecule has 1 aromatic rings. The van der Waals surface area contributed by atoms with Gasteiger partial charge in [-0.1, -0.05) is 47.6 Å². The van der Waals surface area contributed by atoms with E-state index in [4.69, 9.17) is 4.43 Å². The lowest BCUT2D eigenvalue weighted by atomic mass is 9.84. The van der Waals surface area contributed by atoms with E-state index in [9.17, 15) is 4.79 Å². The average Bonchev–Trinajstić information content (AvgIpc) is 2.25. The molecule has 0 saturated carbocycles. The molecule has 0 spiro atoms. The molecule has 2 nitrogen and oxygen atoms in total. The first-order chi connectivity index (χ1) is 8.88. The van der Waals surface area contributed by atoms with Crippen LogP contribution in [0.4, 0.5) is 0 Å². The van der Waals surface area contributed by atoms with Crippen molar-refractivity contribution < 1.29 is 9.22 Å². The zero-order valence-corrected chi connectivity index (χ0v) is 15.1. The van der Waals surface area contributed by atoms with E-state index in [1.165, 1.54) is 0 Å². The van der Waals surface area contributed by atoms with Gasteiger partial charge in [0.15, 0.2) is 0 Å². The molecule has 0 saturated heterocycles. The van der Waals surface area contributed by atoms with Gasteiger partial charge in [-0.05, 0) is 41.2 Å². The smallest absolute Gasteiger partial charge is 0.250 e. The summed E-state index contributed by atoms with van der Waals surface area (Å²) in [6, 6.07) is 5.90. The molecule has 0 unspecified atom stereocenters. The van der Waals surface area contributed by atoms with Gasteiger partial charge in [0.25, 0.3) is 0 Å². The number of hydrogen-bond donors (Lipinski definition) is 0. The summed E-state index contributed by atoms with van der Waals surface area (Å²) in [6.45, 7) is 17.4. The van der Waals surface area contributed by atoms with Crippen LogP contribution in [0.3, 0.4) is 0 Å². The van der Waals surface area contributed by atoms with Crippen LogP contribution in [0.25, 0.3) is 0 Å². The van der Waals surface area contributed by atoms with Crippen LogP contribution in [0.5, 0.6) is 5.75 Å². The van der Waals surface area contributed by atoms with Gasteiger partial charge in [0.2, 0.25) is 8.32 Å². The lowest BCUT2D eigenvalue weighted by molar-refractivity contribution is 0.112. The number of aldehydes is 1. The summed E-state index contributed by atoms with van der Waals surface area (Å²) in [6.07, 6.45) is 0.930. The molecular formula is C17H28O2Si. The summed E-state index contributed by atoms with van der Waals surface area (Å²) in [5, 5.41) is 0.150. The van der Waals surface area contributed by atoms with Crippen molar-refractivity contribution in [3.05, 3.63) is 29.3 Å². The SMILES string of the molecule is CC(C)(C)c1ccc(O[Si](C)(C)C(C)(C)C)cc1C=O. The molecule has 0 heterocycles. The molecule has 0 aliphatic carbocycles. The second-order valence-corrected chi connectivity index (χ2v) is 12.7. The highest BCUT2D eigenvalue weighted by Crippen LogP contribution is 2.38. The van der Waals surface area contributed by atoms with Gasteiger partial charge in [-0.2, -0.15) is 0 Å². The molecule has 20 heavy (non-hydrogen) atoms. The van der Waals surface area contributed by atoms with Crippen LogP contribution in [-0.2, 0) is 5.41 Å². The van der Waals surface area contributed by atoms with E-state index in [1.807, 2.05) is 18.2 Å². The van der Waals surface area contributed by atoms with Gasteiger partial charge in [-0.15, -0.1) is 0 Å². The minimum atomic E-state index is -1.86. The predicted molar refractivity (Wildman–Crippen MR) is 88.4 cm³/mol. The van der Waals surface area contributed by atoms with E-state index in [1.54, 1.807) is 0 Å². The third-order valence-corrected chi connectivity index (χ3v) is 8.50. The highest BCUT2D eigenvalue weighted by atomic mass is 28.4. The van der Waals surface area contributed by atoms with Gasteiger partial charge in [0.1, 0.15) is 12.0 Å². The van der Waals surface area contributed by atoms with Crippen LogP contribution < -0.4 is 4.43 Å². The summed E-state index contributed by atoms with van der Waals surface area (Å²) in [5.41, 5.74) is 1.76. The zero-order chi connectivity index (χ0) is 15.8. The van der Waals surface area contributed by atoms with Crippen molar-refractivity contribution >= 4 is 14.6 Å². The topological polar surface area (TPSA) is 26.3 Å². The maximum Gasteiger partial charge on any atom is 0.250 e. The average molecular weight is 292 g/mol. The van der Waals surface area contributed by atoms with Gasteiger partial charge in [0, 0.05) is 5.56 Å². The molecule has 0 aliphatic rings. The maximum absolute atomic E-state index is 11.3. The molecule has 0 aliphatic heterocycles. The Labute approximate surface area is 124 Å². The van der Waals surface area contributed by atoms with Gasteiger partial charge >= 0.3 is 0 Å². The predicted octanol–water partition coefficient (Wildman–Crippen LogP) is 5.18. The van der Waals surface area contributed by atoms with E-state index in [0.717, 1.165) is 23.2 Å². The van der Waals surface area contributed by atoms with Crippen molar-refractivity contribution in [1.29, 1.82) is 0 Å². The number of hydrogen-bond acceptors (Lipinski definition) is 2. The van der Waals surface area contributed by atoms with Crippen molar-refractivity contribution in [1.82, 2.24) is 0 Å². The lowest BCUT2D eigenvalue weighted by Crippen LogP contribution is -2.43. The first kappa shape index (κ1) is 17.0. The molecule has 0 amide bonds. The van der Waals surface area contributed by atoms with Crippen molar-refractivity contribution in [2.24, 2.45) is 0 Å². The van der Waals surface area contributed by atoms with Crippen molar-refractivity contribution in [2.45, 2.75) is 65.1 Å². The fourth-order valence-corrected chi connectivity index (χ4v) is 2.85. The fourth-order valence-electron chi connectivity index (χ4n) is 1.83. The normalized spacial score (nSPS) is 13.2. The summed E-state index contributed by atoms with van der Waals surface area (Å²) < 4.78 is 6.26. The van der Waals surface area contributed by atoms with Crippen LogP contribution in [-0.4, -0.2) is 14.6 Å². The van der Waals surface area contributed by atoms with Gasteiger partial charge < -0.3 is 4.43 Å². The summed E-state index contributed by atoms with van der Waals surface area (Å²) in [7, 11) is -1.86. The van der Waals surface area contributed by atoms with E-state index in [-0.39, 0.29) is 10.5 Å². The highest BCUT2D eigenvalue weighted by Gasteiger charge is 2.39. The zero-order valence-electron chi connectivity index (χ0n) is 14.1. The number of benzene rings is 1. The second kappa shape index (κ2) is 5.36. The number of carbonyl (C=O) groups is 1. The molecule has 3 heteroatoms. The monoisotopic (exact) mass is 292 g/mol. The molecular weight excluding hydrogens is 264 g/mol. The fraction of sp³-hybridized carbons (Fsp3) is 0.588. The third kappa shape index (κ3) is 3.72. The maximum atomic E-state index is 11.3. The molecule has 0 atom stereocenters. The largest absolute Gasteiger partial charge is 0.543 e. The Kier molecular flexibility index (Phi) is 4.54. The minimum Gasteiger partial charge on any atom is -0.543 e. The van der Waals surface area contributed by atoms with Crippen LogP contribution in [0.2, 0.25) is 18.1 Å². The van der Waals surface area contributed by atoms with E-state index in [2.05, 4.69) is 54.6 Å². The Morgan fingerprint density at radius 3 is 2.00 bits per heavy atom. The van der Waals surface area contributed by atoms with Crippen molar-refractivity contribution in [3.8, 4) is 5.75 Å². The van der Waals surface area contributed by atoms with Crippen molar-refractivity contribution in [2.75, 3.05) is 0 Å². The lowest BCUT2D eigenvalue weighted by Gasteiger charge is -2.36. The first-order valence-corrected chi connectivity index (χ1v) is 10.1. The highest BCUT2D eigenvalue weighted by molar-refractivity contribution is 6.74.